The second-order valence-corrected chi connectivity index (χ2v) is 8.11. The van der Waals surface area contributed by atoms with Crippen molar-refractivity contribution in [2.45, 2.75) is 13.8 Å². The summed E-state index contributed by atoms with van der Waals surface area (Å²) >= 11 is 0. The molecule has 0 aromatic heterocycles. The third kappa shape index (κ3) is 3.78. The number of halogens is 1. The Balaban J connectivity index is 1.94. The number of hydrogen-bond donors (Lipinski definition) is 1. The van der Waals surface area contributed by atoms with Crippen molar-refractivity contribution in [3.05, 3.63) is 78.6 Å². The molecule has 0 atom stereocenters. The van der Waals surface area contributed by atoms with Gasteiger partial charge in [-0.05, 0) is 33.1 Å². The van der Waals surface area contributed by atoms with Crippen LogP contribution in [0.3, 0.4) is 0 Å². The molecule has 0 fully saturated rings. The van der Waals surface area contributed by atoms with Crippen LogP contribution in [0.15, 0.2) is 72.8 Å². The molecule has 0 bridgehead atoms. The van der Waals surface area contributed by atoms with Crippen molar-refractivity contribution in [1.82, 2.24) is 0 Å². The lowest BCUT2D eigenvalue weighted by molar-refractivity contribution is 0.101. The Labute approximate surface area is 171 Å². The summed E-state index contributed by atoms with van der Waals surface area (Å²) in [6.07, 6.45) is 0. The smallest absolute Gasteiger partial charge is 0.331 e. The Hall–Kier alpha value is -2.69. The fourth-order valence-electron chi connectivity index (χ4n) is 3.64. The molecule has 0 spiro atoms. The van der Waals surface area contributed by atoms with Gasteiger partial charge in [-0.25, -0.2) is 4.39 Å². The maximum absolute atomic E-state index is 14.7. The molecule has 0 amide bonds. The standard InChI is InChI=1S/C25H23BFO2/c1-25(2,15-28)16-29-26-24-19-11-5-3-9-17(19)23(18-10-4-6-12-20(18)24)21-13-7-8-14-22(21)27/h3-14,28H,15-16H2,1-2H3. The summed E-state index contributed by atoms with van der Waals surface area (Å²) in [7, 11) is 1.77. The zero-order valence-corrected chi connectivity index (χ0v) is 16.7. The largest absolute Gasteiger partial charge is 0.434 e. The summed E-state index contributed by atoms with van der Waals surface area (Å²) < 4.78 is 20.7. The Morgan fingerprint density at radius 3 is 1.90 bits per heavy atom. The van der Waals surface area contributed by atoms with Crippen LogP contribution in [0.5, 0.6) is 0 Å². The molecular formula is C25H23BFO2. The minimum atomic E-state index is -0.324. The number of hydrogen-bond acceptors (Lipinski definition) is 2. The molecule has 0 aliphatic heterocycles. The van der Waals surface area contributed by atoms with E-state index in [1.54, 1.807) is 13.5 Å². The molecule has 0 aliphatic rings. The van der Waals surface area contributed by atoms with Crippen LogP contribution in [0.25, 0.3) is 32.7 Å². The molecule has 29 heavy (non-hydrogen) atoms. The first-order chi connectivity index (χ1) is 14.0. The fourth-order valence-corrected chi connectivity index (χ4v) is 3.64. The third-order valence-corrected chi connectivity index (χ3v) is 5.22. The highest BCUT2D eigenvalue weighted by molar-refractivity contribution is 6.56. The fraction of sp³-hybridized carbons (Fsp3) is 0.200. The van der Waals surface area contributed by atoms with Crippen molar-refractivity contribution in [2.24, 2.45) is 5.41 Å². The summed E-state index contributed by atoms with van der Waals surface area (Å²) in [5.41, 5.74) is 2.12. The number of fused-ring (bicyclic) bond motifs is 2. The van der Waals surface area contributed by atoms with Gasteiger partial charge in [-0.1, -0.05) is 80.6 Å². The number of aliphatic hydroxyl groups excluding tert-OH is 1. The van der Waals surface area contributed by atoms with Crippen molar-refractivity contribution in [1.29, 1.82) is 0 Å². The topological polar surface area (TPSA) is 29.5 Å². The van der Waals surface area contributed by atoms with E-state index in [4.69, 9.17) is 4.65 Å². The van der Waals surface area contributed by atoms with E-state index in [9.17, 15) is 9.50 Å². The van der Waals surface area contributed by atoms with Crippen LogP contribution < -0.4 is 5.46 Å². The van der Waals surface area contributed by atoms with E-state index in [-0.39, 0.29) is 17.8 Å². The van der Waals surface area contributed by atoms with Crippen LogP contribution >= 0.6 is 0 Å². The first-order valence-electron chi connectivity index (χ1n) is 9.76. The van der Waals surface area contributed by atoms with Gasteiger partial charge in [-0.15, -0.1) is 0 Å². The van der Waals surface area contributed by atoms with E-state index < -0.39 is 0 Å². The van der Waals surface area contributed by atoms with Gasteiger partial charge >= 0.3 is 7.48 Å². The first-order valence-corrected chi connectivity index (χ1v) is 9.76. The molecule has 4 aromatic rings. The maximum atomic E-state index is 14.7. The van der Waals surface area contributed by atoms with Crippen molar-refractivity contribution in [3.63, 3.8) is 0 Å². The van der Waals surface area contributed by atoms with Crippen LogP contribution in [0, 0.1) is 11.2 Å². The molecule has 0 aliphatic carbocycles. The summed E-state index contributed by atoms with van der Waals surface area (Å²) in [6.45, 7) is 4.37. The molecule has 1 N–H and O–H groups in total. The summed E-state index contributed by atoms with van der Waals surface area (Å²) in [4.78, 5) is 0. The van der Waals surface area contributed by atoms with E-state index in [0.717, 1.165) is 32.6 Å². The van der Waals surface area contributed by atoms with Gasteiger partial charge in [0, 0.05) is 23.1 Å². The second-order valence-electron chi connectivity index (χ2n) is 8.11. The van der Waals surface area contributed by atoms with Gasteiger partial charge in [0.25, 0.3) is 0 Å². The van der Waals surface area contributed by atoms with Gasteiger partial charge in [-0.2, -0.15) is 0 Å². The molecule has 0 unspecified atom stereocenters. The minimum absolute atomic E-state index is 0.0502. The van der Waals surface area contributed by atoms with E-state index >= 15 is 0 Å². The maximum Gasteiger partial charge on any atom is 0.331 e. The molecule has 145 valence electrons. The van der Waals surface area contributed by atoms with E-state index in [1.165, 1.54) is 6.07 Å². The Bertz CT molecular complexity index is 1110. The van der Waals surface area contributed by atoms with Crippen molar-refractivity contribution >= 4 is 34.5 Å². The zero-order chi connectivity index (χ0) is 20.4. The highest BCUT2D eigenvalue weighted by atomic mass is 19.1. The highest BCUT2D eigenvalue weighted by Crippen LogP contribution is 2.36. The third-order valence-electron chi connectivity index (χ3n) is 5.22. The monoisotopic (exact) mass is 385 g/mol. The van der Waals surface area contributed by atoms with Gasteiger partial charge in [0.05, 0.1) is 6.61 Å². The van der Waals surface area contributed by atoms with E-state index in [1.807, 2.05) is 74.5 Å². The molecule has 4 rings (SSSR count). The van der Waals surface area contributed by atoms with E-state index in [2.05, 4.69) is 0 Å². The molecule has 4 heteroatoms. The van der Waals surface area contributed by atoms with Gasteiger partial charge in [-0.3, -0.25) is 0 Å². The van der Waals surface area contributed by atoms with Gasteiger partial charge in [0.2, 0.25) is 0 Å². The lowest BCUT2D eigenvalue weighted by Crippen LogP contribution is -2.29. The summed E-state index contributed by atoms with van der Waals surface area (Å²) in [5.74, 6) is -0.236. The van der Waals surface area contributed by atoms with Crippen molar-refractivity contribution < 1.29 is 14.2 Å². The summed E-state index contributed by atoms with van der Waals surface area (Å²) in [5, 5.41) is 13.5. The van der Waals surface area contributed by atoms with Gasteiger partial charge < -0.3 is 9.76 Å². The zero-order valence-electron chi connectivity index (χ0n) is 16.7. The predicted molar refractivity (Wildman–Crippen MR) is 119 cm³/mol. The van der Waals surface area contributed by atoms with Crippen molar-refractivity contribution in [3.8, 4) is 11.1 Å². The van der Waals surface area contributed by atoms with Crippen LogP contribution in [-0.2, 0) is 4.65 Å². The van der Waals surface area contributed by atoms with Gasteiger partial charge in [0.1, 0.15) is 5.82 Å². The molecule has 1 radical (unpaired) electrons. The minimum Gasteiger partial charge on any atom is -0.434 e. The van der Waals surface area contributed by atoms with Crippen LogP contribution in [0.2, 0.25) is 0 Å². The molecular weight excluding hydrogens is 362 g/mol. The molecule has 0 saturated heterocycles. The number of aliphatic hydroxyl groups is 1. The van der Waals surface area contributed by atoms with Crippen LogP contribution in [0.1, 0.15) is 13.8 Å². The average molecular weight is 385 g/mol. The molecule has 0 saturated carbocycles. The average Bonchev–Trinajstić information content (AvgIpc) is 2.74. The number of benzene rings is 4. The molecule has 2 nitrogen and oxygen atoms in total. The highest BCUT2D eigenvalue weighted by Gasteiger charge is 2.20. The molecule has 4 aromatic carbocycles. The quantitative estimate of drug-likeness (QED) is 0.371. The van der Waals surface area contributed by atoms with Gasteiger partial charge in [0.15, 0.2) is 0 Å². The number of rotatable bonds is 6. The summed E-state index contributed by atoms with van der Waals surface area (Å²) in [6, 6.07) is 22.9. The SMILES string of the molecule is CC(C)(CO)CO[B]c1c2ccccc2c(-c2ccccc2F)c2ccccc12. The normalized spacial score (nSPS) is 11.9. The van der Waals surface area contributed by atoms with Crippen LogP contribution in [-0.4, -0.2) is 25.8 Å². The predicted octanol–water partition coefficient (Wildman–Crippen LogP) is 5.08. The van der Waals surface area contributed by atoms with Crippen LogP contribution in [0.4, 0.5) is 4.39 Å². The van der Waals surface area contributed by atoms with Crippen molar-refractivity contribution in [2.75, 3.05) is 13.2 Å². The lowest BCUT2D eigenvalue weighted by Gasteiger charge is -2.22. The Morgan fingerprint density at radius 1 is 0.828 bits per heavy atom. The lowest BCUT2D eigenvalue weighted by atomic mass is 9.76. The Morgan fingerprint density at radius 2 is 1.34 bits per heavy atom. The van der Waals surface area contributed by atoms with E-state index in [0.29, 0.717) is 12.2 Å². The molecule has 0 heterocycles. The first kappa shape index (κ1) is 19.6. The second kappa shape index (κ2) is 7.98. The Kier molecular flexibility index (Phi) is 5.40.